The van der Waals surface area contributed by atoms with Crippen LogP contribution in [-0.2, 0) is 9.47 Å². The van der Waals surface area contributed by atoms with Crippen LogP contribution in [0.15, 0.2) is 28.8 Å². The van der Waals surface area contributed by atoms with Gasteiger partial charge in [-0.3, -0.25) is 4.99 Å². The standard InChI is InChI=1S/C12H20N2O2/c1-6-15-10(5)11-13-7-9(4)12(14-11)16-8(2)3/h8H,5-7H2,1-4H3,(H,13,14). The Morgan fingerprint density at radius 2 is 2.25 bits per heavy atom. The van der Waals surface area contributed by atoms with E-state index in [1.54, 1.807) is 0 Å². The first-order chi connectivity index (χ1) is 7.54. The van der Waals surface area contributed by atoms with Crippen LogP contribution in [0.1, 0.15) is 27.7 Å². The molecular formula is C12H20N2O2. The first-order valence-electron chi connectivity index (χ1n) is 5.54. The first-order valence-corrected chi connectivity index (χ1v) is 5.54. The van der Waals surface area contributed by atoms with E-state index < -0.39 is 0 Å². The van der Waals surface area contributed by atoms with Gasteiger partial charge in [-0.05, 0) is 27.7 Å². The molecule has 1 aliphatic rings. The lowest BCUT2D eigenvalue weighted by molar-refractivity contribution is 0.133. The van der Waals surface area contributed by atoms with E-state index >= 15 is 0 Å². The molecule has 0 fully saturated rings. The molecule has 0 aromatic carbocycles. The first kappa shape index (κ1) is 12.6. The molecule has 0 unspecified atom stereocenters. The summed E-state index contributed by atoms with van der Waals surface area (Å²) < 4.78 is 11.0. The summed E-state index contributed by atoms with van der Waals surface area (Å²) in [6.45, 7) is 12.9. The summed E-state index contributed by atoms with van der Waals surface area (Å²) in [5, 5.41) is 3.10. The third-order valence-electron chi connectivity index (χ3n) is 2.03. The molecule has 0 bridgehead atoms. The van der Waals surface area contributed by atoms with E-state index in [2.05, 4.69) is 16.9 Å². The molecular weight excluding hydrogens is 204 g/mol. The van der Waals surface area contributed by atoms with Crippen molar-refractivity contribution in [2.24, 2.45) is 4.99 Å². The van der Waals surface area contributed by atoms with Gasteiger partial charge in [0.25, 0.3) is 0 Å². The van der Waals surface area contributed by atoms with E-state index in [4.69, 9.17) is 9.47 Å². The Labute approximate surface area is 97.0 Å². The Morgan fingerprint density at radius 1 is 1.56 bits per heavy atom. The molecule has 0 spiro atoms. The van der Waals surface area contributed by atoms with Crippen molar-refractivity contribution in [3.05, 3.63) is 23.8 Å². The van der Waals surface area contributed by atoms with Gasteiger partial charge in [0.05, 0.1) is 19.3 Å². The van der Waals surface area contributed by atoms with Crippen LogP contribution in [0.2, 0.25) is 0 Å². The van der Waals surface area contributed by atoms with Crippen molar-refractivity contribution in [3.8, 4) is 0 Å². The average molecular weight is 224 g/mol. The summed E-state index contributed by atoms with van der Waals surface area (Å²) in [5.74, 6) is 1.98. The summed E-state index contributed by atoms with van der Waals surface area (Å²) >= 11 is 0. The number of hydrogen-bond acceptors (Lipinski definition) is 4. The van der Waals surface area contributed by atoms with Crippen LogP contribution in [0, 0.1) is 0 Å². The Bertz CT molecular complexity index is 330. The fourth-order valence-corrected chi connectivity index (χ4v) is 1.29. The van der Waals surface area contributed by atoms with Crippen molar-refractivity contribution >= 4 is 5.84 Å². The lowest BCUT2D eigenvalue weighted by Crippen LogP contribution is -2.32. The predicted molar refractivity (Wildman–Crippen MR) is 65.1 cm³/mol. The van der Waals surface area contributed by atoms with Crippen molar-refractivity contribution in [1.82, 2.24) is 5.32 Å². The van der Waals surface area contributed by atoms with Crippen LogP contribution >= 0.6 is 0 Å². The van der Waals surface area contributed by atoms with E-state index in [1.165, 1.54) is 0 Å². The Hall–Kier alpha value is -1.45. The molecule has 0 saturated heterocycles. The smallest absolute Gasteiger partial charge is 0.193 e. The van der Waals surface area contributed by atoms with E-state index in [1.807, 2.05) is 27.7 Å². The van der Waals surface area contributed by atoms with Gasteiger partial charge in [0.2, 0.25) is 0 Å². The zero-order valence-corrected chi connectivity index (χ0v) is 10.5. The van der Waals surface area contributed by atoms with Crippen molar-refractivity contribution in [1.29, 1.82) is 0 Å². The van der Waals surface area contributed by atoms with Crippen LogP contribution in [-0.4, -0.2) is 25.1 Å². The highest BCUT2D eigenvalue weighted by molar-refractivity contribution is 5.97. The van der Waals surface area contributed by atoms with Gasteiger partial charge in [-0.25, -0.2) is 0 Å². The van der Waals surface area contributed by atoms with Crippen LogP contribution in [0.5, 0.6) is 0 Å². The molecule has 1 aliphatic heterocycles. The van der Waals surface area contributed by atoms with Crippen LogP contribution in [0.4, 0.5) is 0 Å². The molecule has 4 heteroatoms. The molecule has 1 rings (SSSR count). The number of rotatable bonds is 5. The minimum absolute atomic E-state index is 0.136. The number of nitrogens with zero attached hydrogens (tertiary/aromatic N) is 1. The normalized spacial score (nSPS) is 15.7. The molecule has 1 N–H and O–H groups in total. The topological polar surface area (TPSA) is 42.9 Å². The lowest BCUT2D eigenvalue weighted by Gasteiger charge is -2.23. The van der Waals surface area contributed by atoms with Crippen LogP contribution in [0.25, 0.3) is 0 Å². The second-order valence-electron chi connectivity index (χ2n) is 3.92. The van der Waals surface area contributed by atoms with Crippen molar-refractivity contribution in [2.45, 2.75) is 33.8 Å². The maximum Gasteiger partial charge on any atom is 0.193 e. The van der Waals surface area contributed by atoms with Gasteiger partial charge in [0.15, 0.2) is 17.5 Å². The number of hydrogen-bond donors (Lipinski definition) is 1. The highest BCUT2D eigenvalue weighted by atomic mass is 16.5. The number of nitrogens with one attached hydrogen (secondary N) is 1. The van der Waals surface area contributed by atoms with E-state index in [-0.39, 0.29) is 6.10 Å². The molecule has 0 aromatic rings. The average Bonchev–Trinajstić information content (AvgIpc) is 2.21. The summed E-state index contributed by atoms with van der Waals surface area (Å²) in [6.07, 6.45) is 0.136. The van der Waals surface area contributed by atoms with Gasteiger partial charge in [-0.1, -0.05) is 6.58 Å². The van der Waals surface area contributed by atoms with E-state index in [0.717, 1.165) is 11.5 Å². The number of ether oxygens (including phenoxy) is 2. The lowest BCUT2D eigenvalue weighted by atomic mass is 10.2. The summed E-state index contributed by atoms with van der Waals surface area (Å²) in [5.41, 5.74) is 1.08. The van der Waals surface area contributed by atoms with E-state index in [0.29, 0.717) is 24.7 Å². The molecule has 0 aliphatic carbocycles. The minimum Gasteiger partial charge on any atom is -0.491 e. The SMILES string of the molecule is C=C(OCC)C1=NCC(C)=C(OC(C)C)N1. The number of aliphatic imine (C=N–C) groups is 1. The molecule has 0 saturated carbocycles. The van der Waals surface area contributed by atoms with Crippen molar-refractivity contribution < 1.29 is 9.47 Å². The zero-order chi connectivity index (χ0) is 12.1. The minimum atomic E-state index is 0.136. The van der Waals surface area contributed by atoms with Gasteiger partial charge in [0, 0.05) is 5.57 Å². The van der Waals surface area contributed by atoms with Gasteiger partial charge < -0.3 is 14.8 Å². The molecule has 0 amide bonds. The molecule has 4 nitrogen and oxygen atoms in total. The molecule has 0 aromatic heterocycles. The summed E-state index contributed by atoms with van der Waals surface area (Å²) in [7, 11) is 0. The summed E-state index contributed by atoms with van der Waals surface area (Å²) in [6, 6.07) is 0. The monoisotopic (exact) mass is 224 g/mol. The van der Waals surface area contributed by atoms with Crippen molar-refractivity contribution in [2.75, 3.05) is 13.2 Å². The quantitative estimate of drug-likeness (QED) is 0.728. The van der Waals surface area contributed by atoms with Gasteiger partial charge in [-0.15, -0.1) is 0 Å². The maximum atomic E-state index is 5.65. The second kappa shape index (κ2) is 5.58. The van der Waals surface area contributed by atoms with Crippen molar-refractivity contribution in [3.63, 3.8) is 0 Å². The van der Waals surface area contributed by atoms with Crippen LogP contribution in [0.3, 0.4) is 0 Å². The van der Waals surface area contributed by atoms with Crippen LogP contribution < -0.4 is 5.32 Å². The fourth-order valence-electron chi connectivity index (χ4n) is 1.29. The highest BCUT2D eigenvalue weighted by Crippen LogP contribution is 2.13. The Balaban J connectivity index is 2.66. The largest absolute Gasteiger partial charge is 0.491 e. The third-order valence-corrected chi connectivity index (χ3v) is 2.03. The Kier molecular flexibility index (Phi) is 4.40. The highest BCUT2D eigenvalue weighted by Gasteiger charge is 2.16. The molecule has 16 heavy (non-hydrogen) atoms. The van der Waals surface area contributed by atoms with Gasteiger partial charge in [0.1, 0.15) is 0 Å². The second-order valence-corrected chi connectivity index (χ2v) is 3.92. The van der Waals surface area contributed by atoms with E-state index in [9.17, 15) is 0 Å². The zero-order valence-electron chi connectivity index (χ0n) is 10.5. The predicted octanol–water partition coefficient (Wildman–Crippen LogP) is 2.19. The van der Waals surface area contributed by atoms with Gasteiger partial charge in [-0.2, -0.15) is 0 Å². The molecule has 0 atom stereocenters. The maximum absolute atomic E-state index is 5.65. The molecule has 0 radical (unpaired) electrons. The fraction of sp³-hybridized carbons (Fsp3) is 0.583. The third kappa shape index (κ3) is 3.29. The van der Waals surface area contributed by atoms with Gasteiger partial charge >= 0.3 is 0 Å². The molecule has 90 valence electrons. The summed E-state index contributed by atoms with van der Waals surface area (Å²) in [4.78, 5) is 4.33. The Morgan fingerprint density at radius 3 is 2.81 bits per heavy atom. The molecule has 1 heterocycles. The number of amidine groups is 1.